The van der Waals surface area contributed by atoms with Crippen molar-refractivity contribution in [2.45, 2.75) is 6.92 Å². The largest absolute Gasteiger partial charge is 0.479 e. The zero-order valence-corrected chi connectivity index (χ0v) is 8.73. The van der Waals surface area contributed by atoms with Gasteiger partial charge in [0.25, 0.3) is 0 Å². The first-order valence-electron chi connectivity index (χ1n) is 4.73. The number of nitrogens with zero attached hydrogens (tertiary/aromatic N) is 1. The molecule has 0 saturated carbocycles. The number of hydrogen-bond acceptors (Lipinski definition) is 3. The van der Waals surface area contributed by atoms with Gasteiger partial charge in [0.05, 0.1) is 0 Å². The number of nitrogens with two attached hydrogens (primary N) is 1. The Kier molecular flexibility index (Phi) is 4.39. The van der Waals surface area contributed by atoms with Crippen LogP contribution in [0.2, 0.25) is 0 Å². The Morgan fingerprint density at radius 2 is 2.13 bits per heavy atom. The fourth-order valence-corrected chi connectivity index (χ4v) is 1.12. The molecule has 0 saturated heterocycles. The molecule has 1 rings (SSSR count). The summed E-state index contributed by atoms with van der Waals surface area (Å²) >= 11 is 0. The van der Waals surface area contributed by atoms with Gasteiger partial charge in [0.1, 0.15) is 11.8 Å². The Hall–Kier alpha value is -1.79. The number of nitriles is 1. The molecule has 2 N–H and O–H groups in total. The third kappa shape index (κ3) is 3.84. The van der Waals surface area contributed by atoms with Crippen LogP contribution in [0.15, 0.2) is 29.8 Å². The third-order valence-electron chi connectivity index (χ3n) is 1.92. The van der Waals surface area contributed by atoms with Gasteiger partial charge in [0.2, 0.25) is 0 Å². The molecule has 0 aliphatic heterocycles. The van der Waals surface area contributed by atoms with E-state index in [2.05, 4.69) is 0 Å². The van der Waals surface area contributed by atoms with Crippen molar-refractivity contribution >= 4 is 6.08 Å². The molecule has 78 valence electrons. The van der Waals surface area contributed by atoms with Gasteiger partial charge in [-0.3, -0.25) is 0 Å². The normalized spacial score (nSPS) is 10.9. The SMILES string of the molecule is CC(=Cc1ccc(OCC#N)cc1)CN. The maximum atomic E-state index is 8.33. The monoisotopic (exact) mass is 202 g/mol. The van der Waals surface area contributed by atoms with Crippen LogP contribution < -0.4 is 10.5 Å². The van der Waals surface area contributed by atoms with Crippen LogP contribution in [0.3, 0.4) is 0 Å². The van der Waals surface area contributed by atoms with E-state index in [4.69, 9.17) is 15.7 Å². The van der Waals surface area contributed by atoms with Gasteiger partial charge in [-0.2, -0.15) is 5.26 Å². The molecule has 0 heterocycles. The van der Waals surface area contributed by atoms with Crippen molar-refractivity contribution in [1.82, 2.24) is 0 Å². The number of hydrogen-bond donors (Lipinski definition) is 1. The van der Waals surface area contributed by atoms with Crippen molar-refractivity contribution in [3.8, 4) is 11.8 Å². The molecule has 0 aliphatic carbocycles. The van der Waals surface area contributed by atoms with E-state index in [-0.39, 0.29) is 6.61 Å². The van der Waals surface area contributed by atoms with E-state index in [0.29, 0.717) is 12.3 Å². The fourth-order valence-electron chi connectivity index (χ4n) is 1.12. The number of rotatable bonds is 4. The summed E-state index contributed by atoms with van der Waals surface area (Å²) in [6.07, 6.45) is 2.02. The van der Waals surface area contributed by atoms with Crippen LogP contribution in [0.1, 0.15) is 12.5 Å². The molecule has 0 atom stereocenters. The Labute approximate surface area is 89.8 Å². The first-order valence-corrected chi connectivity index (χ1v) is 4.73. The van der Waals surface area contributed by atoms with Crippen LogP contribution >= 0.6 is 0 Å². The van der Waals surface area contributed by atoms with Crippen molar-refractivity contribution in [2.75, 3.05) is 13.2 Å². The Bertz CT molecular complexity index is 374. The van der Waals surface area contributed by atoms with Crippen molar-refractivity contribution in [3.63, 3.8) is 0 Å². The Morgan fingerprint density at radius 3 is 2.67 bits per heavy atom. The first kappa shape index (κ1) is 11.3. The summed E-state index contributed by atoms with van der Waals surface area (Å²) in [6.45, 7) is 2.63. The second-order valence-corrected chi connectivity index (χ2v) is 3.21. The van der Waals surface area contributed by atoms with E-state index < -0.39 is 0 Å². The predicted molar refractivity (Wildman–Crippen MR) is 60.3 cm³/mol. The van der Waals surface area contributed by atoms with Crippen molar-refractivity contribution in [2.24, 2.45) is 5.73 Å². The van der Waals surface area contributed by atoms with E-state index in [1.54, 1.807) is 0 Å². The van der Waals surface area contributed by atoms with Gasteiger partial charge in [-0.05, 0) is 24.6 Å². The molecule has 1 aromatic carbocycles. The molecule has 3 heteroatoms. The second-order valence-electron chi connectivity index (χ2n) is 3.21. The molecular weight excluding hydrogens is 188 g/mol. The predicted octanol–water partition coefficient (Wildman–Crippen LogP) is 1.95. The maximum absolute atomic E-state index is 8.33. The van der Waals surface area contributed by atoms with Crippen molar-refractivity contribution < 1.29 is 4.74 Å². The highest BCUT2D eigenvalue weighted by molar-refractivity contribution is 5.53. The lowest BCUT2D eigenvalue weighted by Crippen LogP contribution is -1.99. The van der Waals surface area contributed by atoms with Gasteiger partial charge in [0, 0.05) is 6.54 Å². The summed E-state index contributed by atoms with van der Waals surface area (Å²) in [7, 11) is 0. The maximum Gasteiger partial charge on any atom is 0.174 e. The highest BCUT2D eigenvalue weighted by Crippen LogP contribution is 2.14. The lowest BCUT2D eigenvalue weighted by atomic mass is 10.1. The Balaban J connectivity index is 2.69. The van der Waals surface area contributed by atoms with Crippen LogP contribution in [-0.4, -0.2) is 13.2 Å². The summed E-state index contributed by atoms with van der Waals surface area (Å²) < 4.78 is 5.13. The van der Waals surface area contributed by atoms with Crippen LogP contribution in [0.25, 0.3) is 6.08 Å². The van der Waals surface area contributed by atoms with Crippen LogP contribution in [-0.2, 0) is 0 Å². The molecule has 15 heavy (non-hydrogen) atoms. The molecule has 3 nitrogen and oxygen atoms in total. The highest BCUT2D eigenvalue weighted by atomic mass is 16.5. The molecule has 0 aromatic heterocycles. The zero-order chi connectivity index (χ0) is 11.1. The molecule has 0 aliphatic rings. The molecule has 0 amide bonds. The third-order valence-corrected chi connectivity index (χ3v) is 1.92. The van der Waals surface area contributed by atoms with Crippen LogP contribution in [0.5, 0.6) is 5.75 Å². The molecule has 1 aromatic rings. The topological polar surface area (TPSA) is 59.0 Å². The molecule has 0 unspecified atom stereocenters. The molecule has 0 bridgehead atoms. The van der Waals surface area contributed by atoms with Crippen LogP contribution in [0, 0.1) is 11.3 Å². The van der Waals surface area contributed by atoms with E-state index in [0.717, 1.165) is 11.1 Å². The molecular formula is C12H14N2O. The minimum absolute atomic E-state index is 0.0804. The van der Waals surface area contributed by atoms with Gasteiger partial charge in [-0.15, -0.1) is 0 Å². The molecule has 0 radical (unpaired) electrons. The lowest BCUT2D eigenvalue weighted by Gasteiger charge is -2.02. The van der Waals surface area contributed by atoms with Gasteiger partial charge in [-0.25, -0.2) is 0 Å². The van der Waals surface area contributed by atoms with Crippen LogP contribution in [0.4, 0.5) is 0 Å². The van der Waals surface area contributed by atoms with Gasteiger partial charge >= 0.3 is 0 Å². The lowest BCUT2D eigenvalue weighted by molar-refractivity contribution is 0.368. The quantitative estimate of drug-likeness (QED) is 0.811. The van der Waals surface area contributed by atoms with E-state index >= 15 is 0 Å². The summed E-state index contributed by atoms with van der Waals surface area (Å²) in [5.41, 5.74) is 7.70. The highest BCUT2D eigenvalue weighted by Gasteiger charge is 1.93. The fraction of sp³-hybridized carbons (Fsp3) is 0.250. The smallest absolute Gasteiger partial charge is 0.174 e. The Morgan fingerprint density at radius 1 is 1.47 bits per heavy atom. The summed E-state index contributed by atoms with van der Waals surface area (Å²) in [5, 5.41) is 8.33. The molecule has 0 fully saturated rings. The van der Waals surface area contributed by atoms with E-state index in [1.807, 2.05) is 43.3 Å². The van der Waals surface area contributed by atoms with Crippen molar-refractivity contribution in [1.29, 1.82) is 5.26 Å². The van der Waals surface area contributed by atoms with E-state index in [1.165, 1.54) is 0 Å². The average molecular weight is 202 g/mol. The summed E-state index contributed by atoms with van der Waals surface area (Å²) in [5.74, 6) is 0.708. The molecule has 0 spiro atoms. The minimum Gasteiger partial charge on any atom is -0.479 e. The number of benzene rings is 1. The summed E-state index contributed by atoms with van der Waals surface area (Å²) in [6, 6.07) is 9.47. The average Bonchev–Trinajstić information content (AvgIpc) is 2.28. The summed E-state index contributed by atoms with van der Waals surface area (Å²) in [4.78, 5) is 0. The van der Waals surface area contributed by atoms with Crippen molar-refractivity contribution in [3.05, 3.63) is 35.4 Å². The standard InChI is InChI=1S/C12H14N2O/c1-10(9-14)8-11-2-4-12(5-3-11)15-7-6-13/h2-5,8H,7,9,14H2,1H3. The first-order chi connectivity index (χ1) is 7.26. The van der Waals surface area contributed by atoms with E-state index in [9.17, 15) is 0 Å². The zero-order valence-electron chi connectivity index (χ0n) is 8.73. The van der Waals surface area contributed by atoms with Gasteiger partial charge in [0.15, 0.2) is 6.61 Å². The van der Waals surface area contributed by atoms with Gasteiger partial charge in [-0.1, -0.05) is 23.8 Å². The van der Waals surface area contributed by atoms with Gasteiger partial charge < -0.3 is 10.5 Å². The minimum atomic E-state index is 0.0804. The second kappa shape index (κ2) is 5.84. The number of ether oxygens (including phenoxy) is 1.